The summed E-state index contributed by atoms with van der Waals surface area (Å²) in [5, 5.41) is 7.54. The van der Waals surface area contributed by atoms with E-state index >= 15 is 0 Å². The van der Waals surface area contributed by atoms with Gasteiger partial charge in [-0.1, -0.05) is 5.92 Å². The maximum atomic E-state index is 13.6. The Kier molecular flexibility index (Phi) is 5.91. The van der Waals surface area contributed by atoms with Crippen LogP contribution in [0.25, 0.3) is 10.8 Å². The molecule has 1 saturated carbocycles. The van der Waals surface area contributed by atoms with Crippen LogP contribution in [0.3, 0.4) is 0 Å². The molecule has 1 aliphatic carbocycles. The number of hydrogen-bond acceptors (Lipinski definition) is 6. The number of carbonyl (C=O) groups excluding carboxylic acids is 1. The summed E-state index contributed by atoms with van der Waals surface area (Å²) in [5.41, 5.74) is -0.193. The van der Waals surface area contributed by atoms with Crippen LogP contribution in [0.2, 0.25) is 0 Å². The van der Waals surface area contributed by atoms with Crippen LogP contribution in [0.1, 0.15) is 37.9 Å². The van der Waals surface area contributed by atoms with Gasteiger partial charge in [0.1, 0.15) is 35.4 Å². The molecule has 3 aromatic rings. The number of fused-ring (bicyclic) bond motifs is 1. The average Bonchev–Trinajstić information content (AvgIpc) is 3.62. The fraction of sp³-hybridized carbons (Fsp3) is 0.333. The highest BCUT2D eigenvalue weighted by molar-refractivity contribution is 5.99. The first kappa shape index (κ1) is 21.5. The van der Waals surface area contributed by atoms with Gasteiger partial charge in [0.15, 0.2) is 0 Å². The Balaban J connectivity index is 1.59. The number of pyridine rings is 3. The lowest BCUT2D eigenvalue weighted by atomic mass is 10.1. The van der Waals surface area contributed by atoms with Gasteiger partial charge < -0.3 is 15.4 Å². The van der Waals surface area contributed by atoms with Crippen LogP contribution < -0.4 is 15.4 Å². The highest BCUT2D eigenvalue weighted by Crippen LogP contribution is 2.31. The van der Waals surface area contributed by atoms with E-state index in [9.17, 15) is 9.18 Å². The van der Waals surface area contributed by atoms with E-state index < -0.39 is 5.67 Å². The number of carbonyl (C=O) groups is 1. The van der Waals surface area contributed by atoms with Crippen molar-refractivity contribution in [3.8, 4) is 17.6 Å². The van der Waals surface area contributed by atoms with Crippen molar-refractivity contribution in [2.45, 2.75) is 32.4 Å². The van der Waals surface area contributed by atoms with E-state index in [1.807, 2.05) is 6.07 Å². The number of aromatic nitrogens is 3. The van der Waals surface area contributed by atoms with Crippen molar-refractivity contribution < 1.29 is 13.9 Å². The minimum atomic E-state index is -1.42. The van der Waals surface area contributed by atoms with Crippen LogP contribution >= 0.6 is 0 Å². The van der Waals surface area contributed by atoms with Gasteiger partial charge in [-0.25, -0.2) is 19.3 Å². The van der Waals surface area contributed by atoms with Crippen LogP contribution in [0.5, 0.6) is 5.75 Å². The molecule has 3 aromatic heterocycles. The van der Waals surface area contributed by atoms with E-state index in [4.69, 9.17) is 4.74 Å². The van der Waals surface area contributed by atoms with Gasteiger partial charge in [0.25, 0.3) is 0 Å². The van der Waals surface area contributed by atoms with Gasteiger partial charge in [-0.3, -0.25) is 4.79 Å². The molecule has 1 aliphatic rings. The molecule has 0 unspecified atom stereocenters. The van der Waals surface area contributed by atoms with Crippen molar-refractivity contribution in [3.63, 3.8) is 0 Å². The number of nitrogens with one attached hydrogen (secondary N) is 2. The van der Waals surface area contributed by atoms with Crippen molar-refractivity contribution in [2.24, 2.45) is 5.92 Å². The summed E-state index contributed by atoms with van der Waals surface area (Å²) in [6.07, 6.45) is 6.72. The summed E-state index contributed by atoms with van der Waals surface area (Å²) in [5.74, 6) is 7.85. The first-order valence-corrected chi connectivity index (χ1v) is 10.4. The lowest BCUT2D eigenvalue weighted by Crippen LogP contribution is -2.22. The first-order chi connectivity index (χ1) is 15.3. The lowest BCUT2D eigenvalue weighted by molar-refractivity contribution is -0.117. The van der Waals surface area contributed by atoms with Crippen molar-refractivity contribution in [2.75, 3.05) is 24.3 Å². The molecule has 8 heteroatoms. The van der Waals surface area contributed by atoms with Crippen LogP contribution in [0.15, 0.2) is 36.8 Å². The number of ether oxygens (including phenoxy) is 1. The Morgan fingerprint density at radius 1 is 1.16 bits per heavy atom. The highest BCUT2D eigenvalue weighted by Gasteiger charge is 2.29. The number of nitrogens with zero attached hydrogens (tertiary/aromatic N) is 3. The third-order valence-corrected chi connectivity index (χ3v) is 4.85. The first-order valence-electron chi connectivity index (χ1n) is 10.4. The molecule has 4 rings (SSSR count). The molecule has 2 N–H and O–H groups in total. The predicted molar refractivity (Wildman–Crippen MR) is 121 cm³/mol. The molecular weight excluding hydrogens is 409 g/mol. The zero-order chi connectivity index (χ0) is 22.7. The molecule has 0 bridgehead atoms. The van der Waals surface area contributed by atoms with Crippen molar-refractivity contribution in [1.29, 1.82) is 0 Å². The Bertz CT molecular complexity index is 1210. The van der Waals surface area contributed by atoms with Crippen molar-refractivity contribution in [3.05, 3.63) is 48.0 Å². The summed E-state index contributed by atoms with van der Waals surface area (Å²) < 4.78 is 19.0. The smallest absolute Gasteiger partial charge is 0.228 e. The standard InChI is InChI=1S/C24H24FN5O2/c1-24(2,25)14-32-18-9-8-17(27-12-18)7-6-16-11-29-22(26-3)20-13-28-21(10-19(16)20)30-23(31)15-4-5-15/h8-13,15H,4-5,14H2,1-3H3,(H,26,29)(H,28,30,31). The van der Waals surface area contributed by atoms with E-state index in [1.54, 1.807) is 31.6 Å². The Hall–Kier alpha value is -3.73. The lowest BCUT2D eigenvalue weighted by Gasteiger charge is -2.14. The molecule has 32 heavy (non-hydrogen) atoms. The fourth-order valence-electron chi connectivity index (χ4n) is 3.00. The predicted octanol–water partition coefficient (Wildman–Crippen LogP) is 3.94. The zero-order valence-corrected chi connectivity index (χ0v) is 18.2. The largest absolute Gasteiger partial charge is 0.489 e. The van der Waals surface area contributed by atoms with Gasteiger partial charge in [0.2, 0.25) is 5.91 Å². The molecule has 164 valence electrons. The molecule has 0 saturated heterocycles. The zero-order valence-electron chi connectivity index (χ0n) is 18.2. The molecule has 3 heterocycles. The second-order valence-electron chi connectivity index (χ2n) is 8.29. The monoisotopic (exact) mass is 433 g/mol. The van der Waals surface area contributed by atoms with Crippen LogP contribution in [-0.2, 0) is 4.79 Å². The molecule has 0 radical (unpaired) electrons. The van der Waals surface area contributed by atoms with Gasteiger partial charge in [-0.2, -0.15) is 0 Å². The van der Waals surface area contributed by atoms with Gasteiger partial charge in [-0.05, 0) is 50.8 Å². The summed E-state index contributed by atoms with van der Waals surface area (Å²) in [4.78, 5) is 25.2. The third-order valence-electron chi connectivity index (χ3n) is 4.85. The molecule has 0 aromatic carbocycles. The summed E-state index contributed by atoms with van der Waals surface area (Å²) in [6.45, 7) is 2.86. The SMILES string of the molecule is CNc1ncc(C#Cc2ccc(OCC(C)(C)F)cn2)c2cc(NC(=O)C3CC3)ncc12. The highest BCUT2D eigenvalue weighted by atomic mass is 19.1. The maximum Gasteiger partial charge on any atom is 0.228 e. The minimum Gasteiger partial charge on any atom is -0.489 e. The number of anilines is 2. The number of amides is 1. The Morgan fingerprint density at radius 2 is 1.97 bits per heavy atom. The van der Waals surface area contributed by atoms with Gasteiger partial charge in [0.05, 0.1) is 11.8 Å². The second kappa shape index (κ2) is 8.79. The fourth-order valence-corrected chi connectivity index (χ4v) is 3.00. The van der Waals surface area contributed by atoms with Crippen LogP contribution in [0.4, 0.5) is 16.0 Å². The summed E-state index contributed by atoms with van der Waals surface area (Å²) in [6, 6.07) is 5.23. The van der Waals surface area contributed by atoms with Crippen molar-refractivity contribution in [1.82, 2.24) is 15.0 Å². The van der Waals surface area contributed by atoms with E-state index in [1.165, 1.54) is 20.0 Å². The van der Waals surface area contributed by atoms with E-state index in [-0.39, 0.29) is 18.4 Å². The molecule has 0 atom stereocenters. The molecular formula is C24H24FN5O2. The van der Waals surface area contributed by atoms with E-state index in [0.717, 1.165) is 23.6 Å². The number of halogens is 1. The minimum absolute atomic E-state index is 0.00460. The Morgan fingerprint density at radius 3 is 2.62 bits per heavy atom. The van der Waals surface area contributed by atoms with Gasteiger partial charge in [-0.15, -0.1) is 0 Å². The normalized spacial score (nSPS) is 13.2. The van der Waals surface area contributed by atoms with Crippen LogP contribution in [-0.4, -0.2) is 40.2 Å². The van der Waals surface area contributed by atoms with Gasteiger partial charge >= 0.3 is 0 Å². The molecule has 1 amide bonds. The second-order valence-corrected chi connectivity index (χ2v) is 8.29. The Labute approximate surface area is 185 Å². The molecule has 1 fully saturated rings. The van der Waals surface area contributed by atoms with Crippen molar-refractivity contribution >= 4 is 28.3 Å². The third kappa shape index (κ3) is 5.30. The van der Waals surface area contributed by atoms with E-state index in [0.29, 0.717) is 28.6 Å². The number of rotatable bonds is 6. The molecule has 0 spiro atoms. The molecule has 7 nitrogen and oxygen atoms in total. The van der Waals surface area contributed by atoms with Gasteiger partial charge in [0, 0.05) is 36.1 Å². The van der Waals surface area contributed by atoms with Crippen LogP contribution in [0, 0.1) is 17.8 Å². The maximum absolute atomic E-state index is 13.6. The quantitative estimate of drug-likeness (QED) is 0.573. The average molecular weight is 433 g/mol. The summed E-state index contributed by atoms with van der Waals surface area (Å²) >= 11 is 0. The number of hydrogen-bond donors (Lipinski definition) is 2. The van der Waals surface area contributed by atoms with E-state index in [2.05, 4.69) is 37.4 Å². The summed E-state index contributed by atoms with van der Waals surface area (Å²) in [7, 11) is 1.79. The number of alkyl halides is 1. The topological polar surface area (TPSA) is 89.0 Å². The molecule has 0 aliphatic heterocycles.